The minimum absolute atomic E-state index is 0.106. The van der Waals surface area contributed by atoms with Gasteiger partial charge in [0.2, 0.25) is 0 Å². The van der Waals surface area contributed by atoms with Gasteiger partial charge in [0.25, 0.3) is 5.91 Å². The van der Waals surface area contributed by atoms with Gasteiger partial charge < -0.3 is 25.7 Å². The van der Waals surface area contributed by atoms with E-state index < -0.39 is 0 Å². The highest BCUT2D eigenvalue weighted by molar-refractivity contribution is 5.94. The molecule has 1 aromatic carbocycles. The van der Waals surface area contributed by atoms with Crippen molar-refractivity contribution in [1.82, 2.24) is 9.80 Å². The molecule has 0 radical (unpaired) electrons. The molecular weight excluding hydrogens is 270 g/mol. The second-order valence-corrected chi connectivity index (χ2v) is 5.33. The summed E-state index contributed by atoms with van der Waals surface area (Å²) in [4.78, 5) is 16.6. The Morgan fingerprint density at radius 1 is 1.14 bits per heavy atom. The summed E-state index contributed by atoms with van der Waals surface area (Å²) in [5, 5.41) is 18.8. The van der Waals surface area contributed by atoms with Gasteiger partial charge in [0, 0.05) is 25.2 Å². The van der Waals surface area contributed by atoms with Gasteiger partial charge in [-0.1, -0.05) is 0 Å². The van der Waals surface area contributed by atoms with Crippen LogP contribution in [0.5, 0.6) is 11.5 Å². The second kappa shape index (κ2) is 7.28. The van der Waals surface area contributed by atoms with Crippen molar-refractivity contribution in [2.75, 3.05) is 39.3 Å². The summed E-state index contributed by atoms with van der Waals surface area (Å²) in [5.74, 6) is -0.582. The van der Waals surface area contributed by atoms with E-state index in [0.717, 1.165) is 32.5 Å². The van der Waals surface area contributed by atoms with Gasteiger partial charge in [0.1, 0.15) is 0 Å². The van der Waals surface area contributed by atoms with E-state index in [0.29, 0.717) is 25.2 Å². The van der Waals surface area contributed by atoms with E-state index >= 15 is 0 Å². The second-order valence-electron chi connectivity index (χ2n) is 5.33. The topological polar surface area (TPSA) is 90.0 Å². The monoisotopic (exact) mass is 293 g/mol. The van der Waals surface area contributed by atoms with Crippen LogP contribution in [0, 0.1) is 0 Å². The third-order valence-electron chi connectivity index (χ3n) is 3.78. The van der Waals surface area contributed by atoms with E-state index in [4.69, 9.17) is 5.73 Å². The zero-order valence-corrected chi connectivity index (χ0v) is 12.2. The lowest BCUT2D eigenvalue weighted by Gasteiger charge is -2.22. The predicted octanol–water partition coefficient (Wildman–Crippen LogP) is 0.595. The number of hydrogen-bond donors (Lipinski definition) is 3. The maximum atomic E-state index is 12.4. The number of aromatic hydroxyl groups is 2. The van der Waals surface area contributed by atoms with Crippen LogP contribution in [0.1, 0.15) is 23.2 Å². The summed E-state index contributed by atoms with van der Waals surface area (Å²) in [6.07, 6.45) is 1.90. The SMILES string of the molecule is NCCCN1CCCN(C(=O)c2ccc(O)c(O)c2)CC1. The number of hydrogen-bond acceptors (Lipinski definition) is 5. The molecule has 0 aromatic heterocycles. The first-order valence-electron chi connectivity index (χ1n) is 7.35. The molecule has 1 fully saturated rings. The average molecular weight is 293 g/mol. The fourth-order valence-electron chi connectivity index (χ4n) is 2.55. The zero-order chi connectivity index (χ0) is 15.2. The Kier molecular flexibility index (Phi) is 5.41. The van der Waals surface area contributed by atoms with Crippen molar-refractivity contribution in [1.29, 1.82) is 0 Å². The van der Waals surface area contributed by atoms with Crippen LogP contribution >= 0.6 is 0 Å². The molecule has 1 amide bonds. The molecule has 4 N–H and O–H groups in total. The number of benzene rings is 1. The standard InChI is InChI=1S/C15H23N3O3/c16-5-1-6-17-7-2-8-18(10-9-17)15(21)12-3-4-13(19)14(20)11-12/h3-4,11,19-20H,1-2,5-10,16H2. The average Bonchev–Trinajstić information content (AvgIpc) is 2.73. The van der Waals surface area contributed by atoms with E-state index in [1.165, 1.54) is 18.2 Å². The molecule has 116 valence electrons. The Bertz CT molecular complexity index is 493. The van der Waals surface area contributed by atoms with Crippen molar-refractivity contribution in [3.8, 4) is 11.5 Å². The molecule has 0 unspecified atom stereocenters. The Labute approximate surface area is 124 Å². The molecule has 1 aliphatic rings. The number of phenols is 2. The molecule has 1 aliphatic heterocycles. The molecule has 0 saturated carbocycles. The molecule has 0 aliphatic carbocycles. The fourth-order valence-corrected chi connectivity index (χ4v) is 2.55. The van der Waals surface area contributed by atoms with Crippen molar-refractivity contribution >= 4 is 5.91 Å². The first-order valence-corrected chi connectivity index (χ1v) is 7.35. The smallest absolute Gasteiger partial charge is 0.254 e. The maximum Gasteiger partial charge on any atom is 0.254 e. The van der Waals surface area contributed by atoms with Gasteiger partial charge in [0.15, 0.2) is 11.5 Å². The van der Waals surface area contributed by atoms with Gasteiger partial charge >= 0.3 is 0 Å². The van der Waals surface area contributed by atoms with Gasteiger partial charge in [-0.2, -0.15) is 0 Å². The van der Waals surface area contributed by atoms with Crippen molar-refractivity contribution in [2.24, 2.45) is 5.73 Å². The first kappa shape index (κ1) is 15.6. The number of amides is 1. The quantitative estimate of drug-likeness (QED) is 0.707. The van der Waals surface area contributed by atoms with Crippen LogP contribution in [0.2, 0.25) is 0 Å². The molecular formula is C15H23N3O3. The van der Waals surface area contributed by atoms with Gasteiger partial charge in [-0.15, -0.1) is 0 Å². The lowest BCUT2D eigenvalue weighted by Crippen LogP contribution is -2.35. The normalized spacial score (nSPS) is 16.7. The summed E-state index contributed by atoms with van der Waals surface area (Å²) in [7, 11) is 0. The molecule has 1 saturated heterocycles. The van der Waals surface area contributed by atoms with Crippen LogP contribution in [0.25, 0.3) is 0 Å². The lowest BCUT2D eigenvalue weighted by atomic mass is 10.1. The van der Waals surface area contributed by atoms with Gasteiger partial charge in [-0.05, 0) is 50.7 Å². The predicted molar refractivity (Wildman–Crippen MR) is 80.4 cm³/mol. The molecule has 0 spiro atoms. The first-order chi connectivity index (χ1) is 10.1. The van der Waals surface area contributed by atoms with E-state index in [2.05, 4.69) is 4.90 Å². The van der Waals surface area contributed by atoms with Crippen molar-refractivity contribution < 1.29 is 15.0 Å². The lowest BCUT2D eigenvalue weighted by molar-refractivity contribution is 0.0761. The van der Waals surface area contributed by atoms with Gasteiger partial charge in [-0.3, -0.25) is 4.79 Å². The van der Waals surface area contributed by atoms with E-state index in [9.17, 15) is 15.0 Å². The van der Waals surface area contributed by atoms with Crippen molar-refractivity contribution in [3.63, 3.8) is 0 Å². The third-order valence-corrected chi connectivity index (χ3v) is 3.78. The number of nitrogens with zero attached hydrogens (tertiary/aromatic N) is 2. The molecule has 6 heteroatoms. The highest BCUT2D eigenvalue weighted by Gasteiger charge is 2.20. The number of nitrogens with two attached hydrogens (primary N) is 1. The van der Waals surface area contributed by atoms with Crippen molar-refractivity contribution in [3.05, 3.63) is 23.8 Å². The maximum absolute atomic E-state index is 12.4. The molecule has 0 bridgehead atoms. The Morgan fingerprint density at radius 2 is 1.95 bits per heavy atom. The van der Waals surface area contributed by atoms with Crippen LogP contribution in [0.3, 0.4) is 0 Å². The molecule has 1 heterocycles. The van der Waals surface area contributed by atoms with Crippen LogP contribution in [0.15, 0.2) is 18.2 Å². The zero-order valence-electron chi connectivity index (χ0n) is 12.2. The summed E-state index contributed by atoms with van der Waals surface area (Å²) in [6.45, 7) is 4.86. The summed E-state index contributed by atoms with van der Waals surface area (Å²) >= 11 is 0. The minimum atomic E-state index is -0.264. The number of carbonyl (C=O) groups excluding carboxylic acids is 1. The van der Waals surface area contributed by atoms with E-state index in [1.807, 2.05) is 0 Å². The highest BCUT2D eigenvalue weighted by Crippen LogP contribution is 2.25. The molecule has 1 aromatic rings. The van der Waals surface area contributed by atoms with Crippen LogP contribution in [-0.2, 0) is 0 Å². The minimum Gasteiger partial charge on any atom is -0.504 e. The van der Waals surface area contributed by atoms with Crippen LogP contribution in [0.4, 0.5) is 0 Å². The van der Waals surface area contributed by atoms with Crippen LogP contribution in [-0.4, -0.2) is 65.2 Å². The van der Waals surface area contributed by atoms with Gasteiger partial charge in [0.05, 0.1) is 0 Å². The number of phenolic OH excluding ortho intramolecular Hbond substituents is 2. The summed E-state index contributed by atoms with van der Waals surface area (Å²) in [6, 6.07) is 4.19. The summed E-state index contributed by atoms with van der Waals surface area (Å²) in [5.41, 5.74) is 5.93. The van der Waals surface area contributed by atoms with Crippen molar-refractivity contribution in [2.45, 2.75) is 12.8 Å². The van der Waals surface area contributed by atoms with Crippen LogP contribution < -0.4 is 5.73 Å². The van der Waals surface area contributed by atoms with Gasteiger partial charge in [-0.25, -0.2) is 0 Å². The van der Waals surface area contributed by atoms with E-state index in [1.54, 1.807) is 4.90 Å². The number of carbonyl (C=O) groups is 1. The Morgan fingerprint density at radius 3 is 2.67 bits per heavy atom. The summed E-state index contributed by atoms with van der Waals surface area (Å²) < 4.78 is 0. The van der Waals surface area contributed by atoms with E-state index in [-0.39, 0.29) is 17.4 Å². The molecule has 2 rings (SSSR count). The molecule has 21 heavy (non-hydrogen) atoms. The third kappa shape index (κ3) is 4.09. The highest BCUT2D eigenvalue weighted by atomic mass is 16.3. The Balaban J connectivity index is 1.98. The Hall–Kier alpha value is -1.79. The molecule has 0 atom stereocenters. The largest absolute Gasteiger partial charge is 0.504 e. The number of rotatable bonds is 4. The fraction of sp³-hybridized carbons (Fsp3) is 0.533. The molecule has 6 nitrogen and oxygen atoms in total.